The van der Waals surface area contributed by atoms with Gasteiger partial charge in [-0.25, -0.2) is 13.2 Å². The summed E-state index contributed by atoms with van der Waals surface area (Å²) in [4.78, 5) is 26.8. The predicted molar refractivity (Wildman–Crippen MR) is 141 cm³/mol. The van der Waals surface area contributed by atoms with Crippen molar-refractivity contribution in [3.8, 4) is 11.5 Å². The molecule has 4 rings (SSSR count). The highest BCUT2D eigenvalue weighted by Gasteiger charge is 2.31. The highest BCUT2D eigenvalue weighted by atomic mass is 32.2. The van der Waals surface area contributed by atoms with Crippen molar-refractivity contribution in [3.63, 3.8) is 0 Å². The number of methoxy groups -OCH3 is 3. The lowest BCUT2D eigenvalue weighted by molar-refractivity contribution is -0.114. The van der Waals surface area contributed by atoms with Crippen LogP contribution in [-0.4, -0.2) is 48.2 Å². The summed E-state index contributed by atoms with van der Waals surface area (Å²) in [6.45, 7) is -0.510. The standard InChI is InChI=1S/C26H28N2O7S2/c1-33-20-14-13-18(15-21(20)34-2)37(31,32)28(17-9-5-4-6-10-17)16-23(29)27-25-24(26(30)35-3)19-11-7-8-12-22(19)36-25/h4-6,9-10,13-15H,7-8,11-12,16H2,1-3H3,(H,27,29). The SMILES string of the molecule is COC(=O)c1c(NC(=O)CN(c2ccccc2)S(=O)(=O)c2ccc(OC)c(OC)c2)sc2c1CCCC2. The number of fused-ring (bicyclic) bond motifs is 1. The van der Waals surface area contributed by atoms with E-state index in [1.807, 2.05) is 0 Å². The number of thiophene rings is 1. The zero-order valence-corrected chi connectivity index (χ0v) is 22.4. The summed E-state index contributed by atoms with van der Waals surface area (Å²) in [6.07, 6.45) is 3.51. The molecule has 0 radical (unpaired) electrons. The molecule has 1 aromatic heterocycles. The molecule has 0 aliphatic heterocycles. The first-order valence-corrected chi connectivity index (χ1v) is 13.9. The van der Waals surface area contributed by atoms with Gasteiger partial charge in [-0.2, -0.15) is 0 Å². The Bertz CT molecular complexity index is 1400. The largest absolute Gasteiger partial charge is 0.493 e. The fraction of sp³-hybridized carbons (Fsp3) is 0.308. The third-order valence-corrected chi connectivity index (χ3v) is 9.07. The Morgan fingerprint density at radius 1 is 0.973 bits per heavy atom. The molecule has 0 bridgehead atoms. The highest BCUT2D eigenvalue weighted by molar-refractivity contribution is 7.92. The average molecular weight is 545 g/mol. The van der Waals surface area contributed by atoms with Crippen LogP contribution in [-0.2, 0) is 32.4 Å². The first-order valence-electron chi connectivity index (χ1n) is 11.6. The number of anilines is 2. The molecule has 11 heteroatoms. The van der Waals surface area contributed by atoms with E-state index in [2.05, 4.69) is 5.32 Å². The molecular weight excluding hydrogens is 516 g/mol. The molecule has 0 spiro atoms. The summed E-state index contributed by atoms with van der Waals surface area (Å²) in [5.41, 5.74) is 1.56. The zero-order valence-electron chi connectivity index (χ0n) is 20.8. The Kier molecular flexibility index (Phi) is 8.03. The van der Waals surface area contributed by atoms with Crippen LogP contribution >= 0.6 is 11.3 Å². The number of esters is 1. The number of aryl methyl sites for hydroxylation is 1. The van der Waals surface area contributed by atoms with Gasteiger partial charge in [0.1, 0.15) is 11.5 Å². The smallest absolute Gasteiger partial charge is 0.341 e. The number of carbonyl (C=O) groups is 2. The molecule has 1 N–H and O–H groups in total. The van der Waals surface area contributed by atoms with Crippen LogP contribution in [0.3, 0.4) is 0 Å². The van der Waals surface area contributed by atoms with Crippen LogP contribution in [0.25, 0.3) is 0 Å². The highest BCUT2D eigenvalue weighted by Crippen LogP contribution is 2.39. The van der Waals surface area contributed by atoms with Crippen LogP contribution in [0.1, 0.15) is 33.6 Å². The van der Waals surface area contributed by atoms with Crippen LogP contribution in [0.15, 0.2) is 53.4 Å². The number of para-hydroxylation sites is 1. The second kappa shape index (κ2) is 11.2. The molecule has 1 aliphatic carbocycles. The quantitative estimate of drug-likeness (QED) is 0.401. The fourth-order valence-electron chi connectivity index (χ4n) is 4.28. The van der Waals surface area contributed by atoms with E-state index in [-0.39, 0.29) is 10.6 Å². The summed E-state index contributed by atoms with van der Waals surface area (Å²) < 4.78 is 44.0. The molecule has 2 aromatic carbocycles. The number of carbonyl (C=O) groups excluding carboxylic acids is 2. The molecule has 1 heterocycles. The van der Waals surface area contributed by atoms with Crippen molar-refractivity contribution in [1.29, 1.82) is 0 Å². The number of rotatable bonds is 9. The normalized spacial score (nSPS) is 12.8. The Balaban J connectivity index is 1.68. The van der Waals surface area contributed by atoms with Crippen molar-refractivity contribution in [2.45, 2.75) is 30.6 Å². The van der Waals surface area contributed by atoms with Gasteiger partial charge in [0.05, 0.1) is 37.5 Å². The number of amides is 1. The van der Waals surface area contributed by atoms with Crippen molar-refractivity contribution in [3.05, 3.63) is 64.5 Å². The Morgan fingerprint density at radius 2 is 1.68 bits per heavy atom. The maximum Gasteiger partial charge on any atom is 0.341 e. The minimum absolute atomic E-state index is 0.0661. The number of hydrogen-bond donors (Lipinski definition) is 1. The number of ether oxygens (including phenoxy) is 3. The van der Waals surface area contributed by atoms with Gasteiger partial charge in [-0.15, -0.1) is 11.3 Å². The molecule has 0 saturated heterocycles. The number of nitrogens with one attached hydrogen (secondary N) is 1. The number of sulfonamides is 1. The van der Waals surface area contributed by atoms with Crippen molar-refractivity contribution in [2.75, 3.05) is 37.5 Å². The number of benzene rings is 2. The van der Waals surface area contributed by atoms with E-state index in [0.29, 0.717) is 22.0 Å². The maximum atomic E-state index is 13.7. The van der Waals surface area contributed by atoms with Gasteiger partial charge in [-0.05, 0) is 55.5 Å². The van der Waals surface area contributed by atoms with Gasteiger partial charge in [0.2, 0.25) is 5.91 Å². The van der Waals surface area contributed by atoms with Crippen LogP contribution in [0.4, 0.5) is 10.7 Å². The molecular formula is C26H28N2O7S2. The monoisotopic (exact) mass is 544 g/mol. The summed E-state index contributed by atoms with van der Waals surface area (Å²) in [7, 11) is -0.0156. The van der Waals surface area contributed by atoms with E-state index in [1.54, 1.807) is 30.3 Å². The molecule has 0 fully saturated rings. The average Bonchev–Trinajstić information content (AvgIpc) is 3.28. The third kappa shape index (κ3) is 5.42. The lowest BCUT2D eigenvalue weighted by atomic mass is 9.95. The summed E-state index contributed by atoms with van der Waals surface area (Å²) in [5, 5.41) is 3.15. The number of nitrogens with zero attached hydrogens (tertiary/aromatic N) is 1. The van der Waals surface area contributed by atoms with Crippen LogP contribution in [0.5, 0.6) is 11.5 Å². The number of hydrogen-bond acceptors (Lipinski definition) is 8. The van der Waals surface area contributed by atoms with Gasteiger partial charge in [-0.1, -0.05) is 18.2 Å². The van der Waals surface area contributed by atoms with Gasteiger partial charge in [0.15, 0.2) is 11.5 Å². The maximum absolute atomic E-state index is 13.7. The van der Waals surface area contributed by atoms with Crippen LogP contribution in [0, 0.1) is 0 Å². The van der Waals surface area contributed by atoms with Gasteiger partial charge in [0.25, 0.3) is 10.0 Å². The van der Waals surface area contributed by atoms with Crippen LogP contribution in [0.2, 0.25) is 0 Å². The van der Waals surface area contributed by atoms with E-state index in [9.17, 15) is 18.0 Å². The lowest BCUT2D eigenvalue weighted by Crippen LogP contribution is -2.38. The van der Waals surface area contributed by atoms with E-state index in [0.717, 1.165) is 40.4 Å². The van der Waals surface area contributed by atoms with Crippen molar-refractivity contribution in [2.24, 2.45) is 0 Å². The second-order valence-corrected chi connectivity index (χ2v) is 11.3. The molecule has 9 nitrogen and oxygen atoms in total. The predicted octanol–water partition coefficient (Wildman–Crippen LogP) is 4.26. The molecule has 1 aliphatic rings. The van der Waals surface area contributed by atoms with Gasteiger partial charge in [0, 0.05) is 10.9 Å². The van der Waals surface area contributed by atoms with E-state index < -0.39 is 28.4 Å². The topological polar surface area (TPSA) is 111 Å². The van der Waals surface area contributed by atoms with E-state index >= 15 is 0 Å². The summed E-state index contributed by atoms with van der Waals surface area (Å²) in [5.74, 6) is -0.486. The molecule has 37 heavy (non-hydrogen) atoms. The fourth-order valence-corrected chi connectivity index (χ4v) is 7.01. The zero-order chi connectivity index (χ0) is 26.6. The van der Waals surface area contributed by atoms with Gasteiger partial charge < -0.3 is 19.5 Å². The third-order valence-electron chi connectivity index (χ3n) is 6.09. The van der Waals surface area contributed by atoms with Crippen molar-refractivity contribution >= 4 is 43.9 Å². The second-order valence-electron chi connectivity index (χ2n) is 8.32. The Labute approximate surface area is 220 Å². The minimum atomic E-state index is -4.18. The molecule has 0 saturated carbocycles. The Morgan fingerprint density at radius 3 is 2.35 bits per heavy atom. The Hall–Kier alpha value is -3.57. The molecule has 0 atom stereocenters. The van der Waals surface area contributed by atoms with Gasteiger partial charge >= 0.3 is 5.97 Å². The molecule has 196 valence electrons. The molecule has 0 unspecified atom stereocenters. The lowest BCUT2D eigenvalue weighted by Gasteiger charge is -2.24. The van der Waals surface area contributed by atoms with Crippen molar-refractivity contribution < 1.29 is 32.2 Å². The minimum Gasteiger partial charge on any atom is -0.493 e. The molecule has 3 aromatic rings. The molecule has 1 amide bonds. The summed E-state index contributed by atoms with van der Waals surface area (Å²) >= 11 is 1.34. The first-order chi connectivity index (χ1) is 17.8. The van der Waals surface area contributed by atoms with Crippen LogP contribution < -0.4 is 19.1 Å². The van der Waals surface area contributed by atoms with Crippen molar-refractivity contribution in [1.82, 2.24) is 0 Å². The van der Waals surface area contributed by atoms with E-state index in [1.165, 1.54) is 50.9 Å². The summed E-state index contributed by atoms with van der Waals surface area (Å²) in [6, 6.07) is 12.6. The first kappa shape index (κ1) is 26.5. The van der Waals surface area contributed by atoms with Gasteiger partial charge in [-0.3, -0.25) is 9.10 Å². The van der Waals surface area contributed by atoms with E-state index in [4.69, 9.17) is 14.2 Å².